The summed E-state index contributed by atoms with van der Waals surface area (Å²) in [6.07, 6.45) is 0. The molecule has 2 rings (SSSR count). The topological polar surface area (TPSA) is 96.0 Å². The second-order valence-corrected chi connectivity index (χ2v) is 7.17. The van der Waals surface area contributed by atoms with Crippen molar-refractivity contribution in [3.8, 4) is 0 Å². The number of anilines is 2. The number of halogens is 1. The predicted octanol–water partition coefficient (Wildman–Crippen LogP) is 2.75. The first-order valence-electron chi connectivity index (χ1n) is 7.01. The third-order valence-electron chi connectivity index (χ3n) is 2.48. The summed E-state index contributed by atoms with van der Waals surface area (Å²) in [5, 5.41) is 16.1. The number of carbonyl (C=O) groups is 2. The molecule has 128 valence electrons. The molecule has 0 aliphatic rings. The van der Waals surface area contributed by atoms with Crippen molar-refractivity contribution in [3.63, 3.8) is 0 Å². The van der Waals surface area contributed by atoms with Crippen LogP contribution >= 0.6 is 23.1 Å². The van der Waals surface area contributed by atoms with Crippen molar-refractivity contribution in [1.82, 2.24) is 20.8 Å². The summed E-state index contributed by atoms with van der Waals surface area (Å²) in [6.45, 7) is 3.60. The van der Waals surface area contributed by atoms with E-state index in [9.17, 15) is 14.0 Å². The van der Waals surface area contributed by atoms with Gasteiger partial charge in [-0.25, -0.2) is 9.18 Å². The van der Waals surface area contributed by atoms with Crippen molar-refractivity contribution in [2.45, 2.75) is 24.2 Å². The summed E-state index contributed by atoms with van der Waals surface area (Å²) in [5.41, 5.74) is 0.561. The molecule has 1 aromatic heterocycles. The van der Waals surface area contributed by atoms with E-state index in [0.29, 0.717) is 15.2 Å². The van der Waals surface area contributed by atoms with E-state index < -0.39 is 11.9 Å². The minimum absolute atomic E-state index is 0.0418. The second-order valence-electron chi connectivity index (χ2n) is 4.97. The minimum Gasteiger partial charge on any atom is -0.336 e. The Morgan fingerprint density at radius 2 is 2.12 bits per heavy atom. The van der Waals surface area contributed by atoms with Crippen LogP contribution in [0.15, 0.2) is 28.6 Å². The zero-order valence-electron chi connectivity index (χ0n) is 13.0. The van der Waals surface area contributed by atoms with Gasteiger partial charge in [-0.3, -0.25) is 10.1 Å². The Morgan fingerprint density at radius 1 is 1.33 bits per heavy atom. The number of aromatic nitrogens is 2. The highest BCUT2D eigenvalue weighted by Gasteiger charge is 2.11. The lowest BCUT2D eigenvalue weighted by atomic mass is 10.3. The Morgan fingerprint density at radius 3 is 2.83 bits per heavy atom. The van der Waals surface area contributed by atoms with Crippen LogP contribution in [0.1, 0.15) is 13.8 Å². The van der Waals surface area contributed by atoms with E-state index in [1.165, 1.54) is 23.5 Å². The largest absolute Gasteiger partial charge is 0.336 e. The number of rotatable bonds is 6. The highest BCUT2D eigenvalue weighted by atomic mass is 32.2. The van der Waals surface area contributed by atoms with Gasteiger partial charge in [0, 0.05) is 11.7 Å². The summed E-state index contributed by atoms with van der Waals surface area (Å²) in [4.78, 5) is 23.0. The summed E-state index contributed by atoms with van der Waals surface area (Å²) in [6, 6.07) is 5.40. The van der Waals surface area contributed by atoms with Crippen LogP contribution in [-0.4, -0.2) is 33.9 Å². The Bertz CT molecular complexity index is 723. The van der Waals surface area contributed by atoms with E-state index in [0.717, 1.165) is 11.8 Å². The fourth-order valence-electron chi connectivity index (χ4n) is 1.60. The molecule has 3 N–H and O–H groups in total. The molecule has 0 unspecified atom stereocenters. The Kier molecular flexibility index (Phi) is 6.50. The van der Waals surface area contributed by atoms with Gasteiger partial charge in [0.2, 0.25) is 11.0 Å². The van der Waals surface area contributed by atoms with Crippen molar-refractivity contribution < 1.29 is 14.0 Å². The van der Waals surface area contributed by atoms with E-state index in [2.05, 4.69) is 26.1 Å². The maximum atomic E-state index is 13.1. The zero-order valence-corrected chi connectivity index (χ0v) is 14.6. The maximum absolute atomic E-state index is 13.1. The predicted molar refractivity (Wildman–Crippen MR) is 92.1 cm³/mol. The molecule has 0 radical (unpaired) electrons. The van der Waals surface area contributed by atoms with Crippen LogP contribution in [0, 0.1) is 5.82 Å². The van der Waals surface area contributed by atoms with Crippen molar-refractivity contribution >= 4 is 45.9 Å². The lowest BCUT2D eigenvalue weighted by Gasteiger charge is -2.08. The molecule has 0 bridgehead atoms. The molecule has 0 atom stereocenters. The quantitative estimate of drug-likeness (QED) is 0.678. The van der Waals surface area contributed by atoms with Crippen LogP contribution < -0.4 is 16.0 Å². The summed E-state index contributed by atoms with van der Waals surface area (Å²) < 4.78 is 13.7. The van der Waals surface area contributed by atoms with Gasteiger partial charge in [-0.2, -0.15) is 0 Å². The SMILES string of the molecule is CC(C)NC(=O)NC(=O)CSc1nnc(Nc2cccc(F)c2)s1. The summed E-state index contributed by atoms with van der Waals surface area (Å²) in [7, 11) is 0. The molecule has 0 saturated carbocycles. The fourth-order valence-corrected chi connectivity index (χ4v) is 3.17. The van der Waals surface area contributed by atoms with Crippen molar-refractivity contribution in [1.29, 1.82) is 0 Å². The molecule has 0 aliphatic carbocycles. The number of hydrogen-bond acceptors (Lipinski definition) is 7. The number of nitrogens with zero attached hydrogens (tertiary/aromatic N) is 2. The standard InChI is InChI=1S/C14H16FN5O2S2/c1-8(2)16-12(22)18-11(21)7-23-14-20-19-13(24-14)17-10-5-3-4-9(15)6-10/h3-6,8H,7H2,1-2H3,(H,17,19)(H2,16,18,21,22). The smallest absolute Gasteiger partial charge is 0.321 e. The van der Waals surface area contributed by atoms with Crippen LogP contribution in [0.25, 0.3) is 0 Å². The molecule has 10 heteroatoms. The molecule has 0 aliphatic heterocycles. The van der Waals surface area contributed by atoms with E-state index in [1.807, 2.05) is 0 Å². The second kappa shape index (κ2) is 8.60. The highest BCUT2D eigenvalue weighted by molar-refractivity contribution is 8.01. The van der Waals surface area contributed by atoms with Crippen molar-refractivity contribution in [2.75, 3.05) is 11.1 Å². The summed E-state index contributed by atoms with van der Waals surface area (Å²) >= 11 is 2.39. The normalized spacial score (nSPS) is 10.5. The molecule has 7 nitrogen and oxygen atoms in total. The van der Waals surface area contributed by atoms with Gasteiger partial charge in [0.15, 0.2) is 4.34 Å². The van der Waals surface area contributed by atoms with E-state index >= 15 is 0 Å². The number of amides is 3. The van der Waals surface area contributed by atoms with Crippen LogP contribution in [0.5, 0.6) is 0 Å². The first-order chi connectivity index (χ1) is 11.4. The molecule has 1 heterocycles. The number of urea groups is 1. The van der Waals surface area contributed by atoms with E-state index in [1.54, 1.807) is 26.0 Å². The maximum Gasteiger partial charge on any atom is 0.321 e. The highest BCUT2D eigenvalue weighted by Crippen LogP contribution is 2.27. The lowest BCUT2D eigenvalue weighted by molar-refractivity contribution is -0.117. The number of imide groups is 1. The van der Waals surface area contributed by atoms with Gasteiger partial charge >= 0.3 is 6.03 Å². The molecule has 3 amide bonds. The number of nitrogens with one attached hydrogen (secondary N) is 3. The van der Waals surface area contributed by atoms with Crippen LogP contribution in [-0.2, 0) is 4.79 Å². The van der Waals surface area contributed by atoms with Gasteiger partial charge in [0.25, 0.3) is 0 Å². The average Bonchev–Trinajstić information content (AvgIpc) is 2.91. The third kappa shape index (κ3) is 6.13. The van der Waals surface area contributed by atoms with Gasteiger partial charge in [-0.05, 0) is 32.0 Å². The van der Waals surface area contributed by atoms with Gasteiger partial charge < -0.3 is 10.6 Å². The van der Waals surface area contributed by atoms with Crippen LogP contribution in [0.3, 0.4) is 0 Å². The van der Waals surface area contributed by atoms with E-state index in [-0.39, 0.29) is 17.6 Å². The van der Waals surface area contributed by atoms with Gasteiger partial charge in [0.05, 0.1) is 5.75 Å². The first kappa shape index (κ1) is 18.1. The van der Waals surface area contributed by atoms with Crippen LogP contribution in [0.4, 0.5) is 20.0 Å². The molecule has 24 heavy (non-hydrogen) atoms. The molecule has 1 aromatic carbocycles. The van der Waals surface area contributed by atoms with Crippen molar-refractivity contribution in [3.05, 3.63) is 30.1 Å². The zero-order chi connectivity index (χ0) is 17.5. The monoisotopic (exact) mass is 369 g/mol. The van der Waals surface area contributed by atoms with Gasteiger partial charge in [0.1, 0.15) is 5.82 Å². The number of hydrogen-bond donors (Lipinski definition) is 3. The van der Waals surface area contributed by atoms with Crippen LogP contribution in [0.2, 0.25) is 0 Å². The average molecular weight is 369 g/mol. The lowest BCUT2D eigenvalue weighted by Crippen LogP contribution is -2.43. The molecule has 2 aromatic rings. The minimum atomic E-state index is -0.527. The Hall–Kier alpha value is -2.20. The molecular formula is C14H16FN5O2S2. The molecule has 0 saturated heterocycles. The number of carbonyl (C=O) groups excluding carboxylic acids is 2. The molecule has 0 spiro atoms. The van der Waals surface area contributed by atoms with Gasteiger partial charge in [-0.1, -0.05) is 29.2 Å². The Labute approximate surface area is 146 Å². The number of benzene rings is 1. The van der Waals surface area contributed by atoms with Gasteiger partial charge in [-0.15, -0.1) is 10.2 Å². The third-order valence-corrected chi connectivity index (χ3v) is 4.45. The molecular weight excluding hydrogens is 353 g/mol. The first-order valence-corrected chi connectivity index (χ1v) is 8.82. The van der Waals surface area contributed by atoms with E-state index in [4.69, 9.17) is 0 Å². The summed E-state index contributed by atoms with van der Waals surface area (Å²) in [5.74, 6) is -0.733. The molecule has 0 fully saturated rings. The number of thioether (sulfide) groups is 1. The fraction of sp³-hybridized carbons (Fsp3) is 0.286. The van der Waals surface area contributed by atoms with Crippen molar-refractivity contribution in [2.24, 2.45) is 0 Å². The Balaban J connectivity index is 1.81.